The van der Waals surface area contributed by atoms with Crippen LogP contribution in [0.25, 0.3) is 0 Å². The molecule has 0 spiro atoms. The Morgan fingerprint density at radius 2 is 2.20 bits per heavy atom. The van der Waals surface area contributed by atoms with Gasteiger partial charge in [-0.15, -0.1) is 0 Å². The molecule has 1 fully saturated rings. The van der Waals surface area contributed by atoms with Gasteiger partial charge < -0.3 is 14.1 Å². The van der Waals surface area contributed by atoms with E-state index in [1.165, 1.54) is 0 Å². The van der Waals surface area contributed by atoms with E-state index in [1.54, 1.807) is 12.5 Å². The largest absolute Gasteiger partial charge is 0.467 e. The van der Waals surface area contributed by atoms with Crippen LogP contribution >= 0.6 is 0 Å². The Kier molecular flexibility index (Phi) is 3.89. The lowest BCUT2D eigenvalue weighted by Gasteiger charge is -2.29. The molecule has 5 nitrogen and oxygen atoms in total. The van der Waals surface area contributed by atoms with Crippen molar-refractivity contribution in [1.82, 2.24) is 14.9 Å². The van der Waals surface area contributed by atoms with Crippen LogP contribution in [0, 0.1) is 0 Å². The number of hydrogen-bond donors (Lipinski definition) is 2. The number of rotatable bonds is 4. The molecule has 0 aliphatic heterocycles. The first-order chi connectivity index (χ1) is 9.74. The van der Waals surface area contributed by atoms with E-state index in [-0.39, 0.29) is 12.1 Å². The van der Waals surface area contributed by atoms with Crippen LogP contribution in [0.2, 0.25) is 0 Å². The lowest BCUT2D eigenvalue weighted by atomic mass is 9.92. The normalized spacial score (nSPS) is 24.7. The molecule has 5 heteroatoms. The van der Waals surface area contributed by atoms with Crippen LogP contribution in [-0.2, 0) is 7.05 Å². The third-order valence-corrected chi connectivity index (χ3v) is 4.04. The first-order valence-electron chi connectivity index (χ1n) is 7.19. The highest BCUT2D eigenvalue weighted by molar-refractivity contribution is 5.16. The first kappa shape index (κ1) is 13.4. The van der Waals surface area contributed by atoms with E-state index < -0.39 is 0 Å². The van der Waals surface area contributed by atoms with Crippen molar-refractivity contribution in [3.8, 4) is 0 Å². The Balaban J connectivity index is 1.78. The summed E-state index contributed by atoms with van der Waals surface area (Å²) in [5, 5.41) is 13.2. The predicted molar refractivity (Wildman–Crippen MR) is 75.2 cm³/mol. The lowest BCUT2D eigenvalue weighted by molar-refractivity contribution is 0.114. The van der Waals surface area contributed by atoms with Crippen molar-refractivity contribution < 1.29 is 9.52 Å². The summed E-state index contributed by atoms with van der Waals surface area (Å²) in [4.78, 5) is 4.44. The van der Waals surface area contributed by atoms with Gasteiger partial charge in [-0.1, -0.05) is 0 Å². The van der Waals surface area contributed by atoms with Crippen LogP contribution in [0.15, 0.2) is 35.2 Å². The molecule has 0 bridgehead atoms. The third-order valence-electron chi connectivity index (χ3n) is 4.04. The van der Waals surface area contributed by atoms with E-state index in [1.807, 2.05) is 29.9 Å². The van der Waals surface area contributed by atoms with Crippen LogP contribution in [0.5, 0.6) is 0 Å². The second-order valence-corrected chi connectivity index (χ2v) is 5.52. The summed E-state index contributed by atoms with van der Waals surface area (Å²) in [6.45, 7) is 0. The Labute approximate surface area is 118 Å². The van der Waals surface area contributed by atoms with Gasteiger partial charge in [0.05, 0.1) is 12.4 Å². The van der Waals surface area contributed by atoms with Crippen molar-refractivity contribution in [3.05, 3.63) is 42.4 Å². The Bertz CT molecular complexity index is 527. The highest BCUT2D eigenvalue weighted by Crippen LogP contribution is 2.25. The van der Waals surface area contributed by atoms with Crippen molar-refractivity contribution in [2.45, 2.75) is 43.9 Å². The molecule has 0 amide bonds. The van der Waals surface area contributed by atoms with E-state index in [4.69, 9.17) is 4.42 Å². The molecule has 1 aliphatic carbocycles. The molecule has 2 N–H and O–H groups in total. The minimum atomic E-state index is -0.136. The molecule has 108 valence electrons. The maximum atomic E-state index is 9.61. The van der Waals surface area contributed by atoms with Gasteiger partial charge in [-0.3, -0.25) is 5.32 Å². The number of imidazole rings is 1. The van der Waals surface area contributed by atoms with Crippen molar-refractivity contribution in [1.29, 1.82) is 0 Å². The summed E-state index contributed by atoms with van der Waals surface area (Å²) in [6, 6.07) is 4.23. The highest BCUT2D eigenvalue weighted by atomic mass is 16.3. The molecular formula is C15H21N3O2. The smallest absolute Gasteiger partial charge is 0.133 e. The molecule has 1 saturated carbocycles. The quantitative estimate of drug-likeness (QED) is 0.896. The maximum absolute atomic E-state index is 9.61. The molecule has 2 heterocycles. The van der Waals surface area contributed by atoms with Crippen LogP contribution in [-0.4, -0.2) is 26.8 Å². The van der Waals surface area contributed by atoms with Gasteiger partial charge >= 0.3 is 0 Å². The molecule has 0 radical (unpaired) electrons. The number of aliphatic hydroxyl groups is 1. The Morgan fingerprint density at radius 1 is 1.40 bits per heavy atom. The maximum Gasteiger partial charge on any atom is 0.133 e. The van der Waals surface area contributed by atoms with Gasteiger partial charge in [-0.05, 0) is 37.8 Å². The van der Waals surface area contributed by atoms with Gasteiger partial charge in [0.25, 0.3) is 0 Å². The molecule has 3 rings (SSSR count). The van der Waals surface area contributed by atoms with Gasteiger partial charge in [0, 0.05) is 25.5 Å². The van der Waals surface area contributed by atoms with E-state index in [0.717, 1.165) is 37.3 Å². The van der Waals surface area contributed by atoms with Crippen molar-refractivity contribution in [2.75, 3.05) is 0 Å². The zero-order valence-electron chi connectivity index (χ0n) is 11.7. The lowest BCUT2D eigenvalue weighted by Crippen LogP contribution is -2.38. The number of furan rings is 1. The molecule has 2 aromatic rings. The fourth-order valence-electron chi connectivity index (χ4n) is 2.87. The van der Waals surface area contributed by atoms with Crippen LogP contribution < -0.4 is 5.32 Å². The standard InChI is InChI=1S/C15H21N3O2/c1-18-9-8-16-15(18)14(13-3-2-10-20-13)17-11-4-6-12(19)7-5-11/h2-3,8-12,14,17,19H,4-7H2,1H3. The molecule has 1 aliphatic rings. The molecule has 2 aromatic heterocycles. The monoisotopic (exact) mass is 275 g/mol. The Hall–Kier alpha value is -1.59. The van der Waals surface area contributed by atoms with Crippen LogP contribution in [0.1, 0.15) is 43.3 Å². The van der Waals surface area contributed by atoms with Gasteiger partial charge in [-0.2, -0.15) is 0 Å². The predicted octanol–water partition coefficient (Wildman–Crippen LogP) is 2.00. The summed E-state index contributed by atoms with van der Waals surface area (Å²) in [7, 11) is 1.99. The summed E-state index contributed by atoms with van der Waals surface area (Å²) >= 11 is 0. The van der Waals surface area contributed by atoms with E-state index in [2.05, 4.69) is 10.3 Å². The number of nitrogens with zero attached hydrogens (tertiary/aromatic N) is 2. The summed E-state index contributed by atoms with van der Waals surface area (Å²) in [5.74, 6) is 1.83. The van der Waals surface area contributed by atoms with Gasteiger partial charge in [0.15, 0.2) is 0 Å². The average molecular weight is 275 g/mol. The van der Waals surface area contributed by atoms with E-state index in [9.17, 15) is 5.11 Å². The third kappa shape index (κ3) is 2.78. The minimum absolute atomic E-state index is 0.0368. The first-order valence-corrected chi connectivity index (χ1v) is 7.19. The van der Waals surface area contributed by atoms with Crippen LogP contribution in [0.4, 0.5) is 0 Å². The van der Waals surface area contributed by atoms with Crippen molar-refractivity contribution in [2.24, 2.45) is 7.05 Å². The molecule has 20 heavy (non-hydrogen) atoms. The van der Waals surface area contributed by atoms with E-state index >= 15 is 0 Å². The zero-order chi connectivity index (χ0) is 13.9. The average Bonchev–Trinajstić information content (AvgIpc) is 3.10. The summed E-state index contributed by atoms with van der Waals surface area (Å²) < 4.78 is 7.58. The molecule has 1 atom stereocenters. The zero-order valence-corrected chi connectivity index (χ0v) is 11.7. The second-order valence-electron chi connectivity index (χ2n) is 5.52. The van der Waals surface area contributed by atoms with Crippen molar-refractivity contribution in [3.63, 3.8) is 0 Å². The summed E-state index contributed by atoms with van der Waals surface area (Å²) in [6.07, 6.45) is 9.01. The number of nitrogens with one attached hydrogen (secondary N) is 1. The number of aromatic nitrogens is 2. The molecular weight excluding hydrogens is 254 g/mol. The van der Waals surface area contributed by atoms with Crippen LogP contribution in [0.3, 0.4) is 0 Å². The summed E-state index contributed by atoms with van der Waals surface area (Å²) in [5.41, 5.74) is 0. The number of hydrogen-bond acceptors (Lipinski definition) is 4. The van der Waals surface area contributed by atoms with Gasteiger partial charge in [0.2, 0.25) is 0 Å². The molecule has 0 aromatic carbocycles. The highest BCUT2D eigenvalue weighted by Gasteiger charge is 2.26. The van der Waals surface area contributed by atoms with Crippen molar-refractivity contribution >= 4 is 0 Å². The molecule has 0 saturated heterocycles. The second kappa shape index (κ2) is 5.81. The fraction of sp³-hybridized carbons (Fsp3) is 0.533. The Morgan fingerprint density at radius 3 is 2.80 bits per heavy atom. The minimum Gasteiger partial charge on any atom is -0.467 e. The SMILES string of the molecule is Cn1ccnc1C(NC1CCC(O)CC1)c1ccco1. The number of aryl methyl sites for hydroxylation is 1. The number of aliphatic hydroxyl groups excluding tert-OH is 1. The molecule has 1 unspecified atom stereocenters. The van der Waals surface area contributed by atoms with Gasteiger partial charge in [-0.25, -0.2) is 4.98 Å². The van der Waals surface area contributed by atoms with Gasteiger partial charge in [0.1, 0.15) is 17.6 Å². The fourth-order valence-corrected chi connectivity index (χ4v) is 2.87. The van der Waals surface area contributed by atoms with E-state index in [0.29, 0.717) is 6.04 Å². The topological polar surface area (TPSA) is 63.2 Å².